The van der Waals surface area contributed by atoms with E-state index in [1.54, 1.807) is 0 Å². The molecule has 0 radical (unpaired) electrons. The summed E-state index contributed by atoms with van der Waals surface area (Å²) in [5.41, 5.74) is 0.757. The Balaban J connectivity index is 1.68. The normalized spacial score (nSPS) is 14.6. The number of rotatable bonds is 3. The van der Waals surface area contributed by atoms with Crippen molar-refractivity contribution in [1.82, 2.24) is 20.0 Å². The number of ether oxygens (including phenoxy) is 2. The molecule has 1 aromatic carbocycles. The Hall–Kier alpha value is -2.75. The third kappa shape index (κ3) is 4.23. The molecule has 4 rings (SSSR count). The number of amides is 1. The number of benzene rings is 1. The molecule has 0 spiro atoms. The first-order valence-electron chi connectivity index (χ1n) is 9.05. The molecule has 1 amide bonds. The lowest BCUT2D eigenvalue weighted by atomic mass is 10.2. The van der Waals surface area contributed by atoms with Crippen LogP contribution in [-0.2, 0) is 16.1 Å². The average molecular weight is 452 g/mol. The highest BCUT2D eigenvalue weighted by Crippen LogP contribution is 2.30. The van der Waals surface area contributed by atoms with Crippen LogP contribution in [0.4, 0.5) is 15.0 Å². The van der Waals surface area contributed by atoms with Crippen LogP contribution >= 0.6 is 23.2 Å². The van der Waals surface area contributed by atoms with Crippen LogP contribution < -0.4 is 5.01 Å². The third-order valence-electron chi connectivity index (χ3n) is 4.44. The molecule has 0 atom stereocenters. The number of aromatic nitrogens is 3. The van der Waals surface area contributed by atoms with E-state index in [1.165, 1.54) is 16.2 Å². The molecule has 3 aromatic rings. The Bertz CT molecular complexity index is 1070. The van der Waals surface area contributed by atoms with Gasteiger partial charge in [0.2, 0.25) is 5.28 Å². The van der Waals surface area contributed by atoms with Gasteiger partial charge in [-0.3, -0.25) is 5.01 Å². The fourth-order valence-corrected chi connectivity index (χ4v) is 3.34. The molecular weight excluding hydrogens is 436 g/mol. The molecule has 0 aliphatic carbocycles. The van der Waals surface area contributed by atoms with Crippen molar-refractivity contribution in [3.05, 3.63) is 58.3 Å². The number of hydrogen-bond donors (Lipinski definition) is 0. The van der Waals surface area contributed by atoms with E-state index >= 15 is 0 Å². The summed E-state index contributed by atoms with van der Waals surface area (Å²) in [7, 11) is 0. The molecular formula is C19H16Cl2FN5O3. The van der Waals surface area contributed by atoms with Crippen LogP contribution in [0, 0.1) is 5.82 Å². The average Bonchev–Trinajstić information content (AvgIpc) is 3.01. The molecule has 1 fully saturated rings. The van der Waals surface area contributed by atoms with E-state index in [4.69, 9.17) is 32.7 Å². The van der Waals surface area contributed by atoms with E-state index in [0.29, 0.717) is 13.2 Å². The lowest BCUT2D eigenvalue weighted by Gasteiger charge is -2.33. The highest BCUT2D eigenvalue weighted by atomic mass is 35.5. The van der Waals surface area contributed by atoms with Gasteiger partial charge in [-0.1, -0.05) is 41.9 Å². The van der Waals surface area contributed by atoms with Crippen molar-refractivity contribution in [3.63, 3.8) is 0 Å². The van der Waals surface area contributed by atoms with Crippen LogP contribution in [0.15, 0.2) is 36.5 Å². The van der Waals surface area contributed by atoms with Gasteiger partial charge in [0.1, 0.15) is 12.1 Å². The van der Waals surface area contributed by atoms with Crippen molar-refractivity contribution < 1.29 is 18.7 Å². The van der Waals surface area contributed by atoms with Gasteiger partial charge in [-0.05, 0) is 17.2 Å². The number of hydrazine groups is 1. The predicted molar refractivity (Wildman–Crippen MR) is 109 cm³/mol. The highest BCUT2D eigenvalue weighted by molar-refractivity contribution is 6.30. The van der Waals surface area contributed by atoms with Gasteiger partial charge in [0.25, 0.3) is 0 Å². The van der Waals surface area contributed by atoms with Gasteiger partial charge >= 0.3 is 6.09 Å². The number of pyridine rings is 1. The molecule has 0 bridgehead atoms. The summed E-state index contributed by atoms with van der Waals surface area (Å²) < 4.78 is 25.4. The summed E-state index contributed by atoms with van der Waals surface area (Å²) in [4.78, 5) is 24.8. The zero-order chi connectivity index (χ0) is 21.1. The monoisotopic (exact) mass is 451 g/mol. The first-order valence-corrected chi connectivity index (χ1v) is 9.81. The Kier molecular flexibility index (Phi) is 6.12. The molecule has 8 nitrogen and oxygen atoms in total. The Morgan fingerprint density at radius 1 is 1.17 bits per heavy atom. The molecule has 156 valence electrons. The standard InChI is InChI=1S/C19H16Cl2FN5O3/c20-16-14(22)15-13(10-23-16)17(25-18(21)24-15)26-6-8-29-9-7-27(26)19(28)30-11-12-4-2-1-3-5-12/h1-5,10H,6-9,11H2. The van der Waals surface area contributed by atoms with Crippen molar-refractivity contribution in [1.29, 1.82) is 0 Å². The van der Waals surface area contributed by atoms with Crippen molar-refractivity contribution in [2.75, 3.05) is 31.3 Å². The van der Waals surface area contributed by atoms with Crippen LogP contribution in [0.25, 0.3) is 10.9 Å². The number of halogens is 3. The lowest BCUT2D eigenvalue weighted by molar-refractivity contribution is 0.0877. The fourth-order valence-electron chi connectivity index (χ4n) is 3.04. The largest absolute Gasteiger partial charge is 0.443 e. The van der Waals surface area contributed by atoms with E-state index in [9.17, 15) is 9.18 Å². The Labute approximate surface area is 181 Å². The van der Waals surface area contributed by atoms with Crippen molar-refractivity contribution in [2.45, 2.75) is 6.61 Å². The van der Waals surface area contributed by atoms with Gasteiger partial charge in [0.05, 0.1) is 31.7 Å². The Morgan fingerprint density at radius 3 is 2.73 bits per heavy atom. The summed E-state index contributed by atoms with van der Waals surface area (Å²) >= 11 is 11.8. The van der Waals surface area contributed by atoms with Gasteiger partial charge in [0, 0.05) is 6.20 Å². The van der Waals surface area contributed by atoms with Gasteiger partial charge in [-0.25, -0.2) is 24.2 Å². The van der Waals surface area contributed by atoms with Gasteiger partial charge in [-0.2, -0.15) is 4.98 Å². The second kappa shape index (κ2) is 8.95. The number of fused-ring (bicyclic) bond motifs is 1. The summed E-state index contributed by atoms with van der Waals surface area (Å²) in [5, 5.41) is 2.61. The molecule has 0 unspecified atom stereocenters. The van der Waals surface area contributed by atoms with Crippen LogP contribution in [-0.4, -0.2) is 52.4 Å². The maximum Gasteiger partial charge on any atom is 0.429 e. The predicted octanol–water partition coefficient (Wildman–Crippen LogP) is 3.86. The summed E-state index contributed by atoms with van der Waals surface area (Å²) in [6.07, 6.45) is 0.737. The fraction of sp³-hybridized carbons (Fsp3) is 0.263. The maximum absolute atomic E-state index is 14.5. The molecule has 1 aliphatic rings. The molecule has 0 N–H and O–H groups in total. The summed E-state index contributed by atoms with van der Waals surface area (Å²) in [6, 6.07) is 9.30. The van der Waals surface area contributed by atoms with E-state index in [2.05, 4.69) is 15.0 Å². The van der Waals surface area contributed by atoms with Crippen LogP contribution in [0.1, 0.15) is 5.56 Å². The topological polar surface area (TPSA) is 80.7 Å². The van der Waals surface area contributed by atoms with E-state index in [1.807, 2.05) is 30.3 Å². The van der Waals surface area contributed by atoms with E-state index in [-0.39, 0.29) is 46.9 Å². The number of anilines is 1. The zero-order valence-electron chi connectivity index (χ0n) is 15.6. The van der Waals surface area contributed by atoms with Crippen LogP contribution in [0.3, 0.4) is 0 Å². The van der Waals surface area contributed by atoms with E-state index in [0.717, 1.165) is 5.56 Å². The SMILES string of the molecule is O=C(OCc1ccccc1)N1CCOCCN1c1nc(Cl)nc2c(F)c(Cl)ncc12. The molecule has 1 saturated heterocycles. The maximum atomic E-state index is 14.5. The second-order valence-corrected chi connectivity index (χ2v) is 7.04. The zero-order valence-corrected chi connectivity index (χ0v) is 17.1. The quantitative estimate of drug-likeness (QED) is 0.441. The molecule has 30 heavy (non-hydrogen) atoms. The van der Waals surface area contributed by atoms with Crippen molar-refractivity contribution in [3.8, 4) is 0 Å². The summed E-state index contributed by atoms with van der Waals surface area (Å²) in [5.74, 6) is -0.612. The third-order valence-corrected chi connectivity index (χ3v) is 4.87. The lowest BCUT2D eigenvalue weighted by Crippen LogP contribution is -2.48. The molecule has 0 saturated carbocycles. The minimum Gasteiger partial charge on any atom is -0.443 e. The Morgan fingerprint density at radius 2 is 1.93 bits per heavy atom. The molecule has 2 aromatic heterocycles. The van der Waals surface area contributed by atoms with E-state index < -0.39 is 11.9 Å². The minimum absolute atomic E-state index is 0.0900. The molecule has 1 aliphatic heterocycles. The number of carbonyl (C=O) groups is 1. The van der Waals surface area contributed by atoms with Gasteiger partial charge in [0.15, 0.2) is 16.8 Å². The van der Waals surface area contributed by atoms with Crippen LogP contribution in [0.5, 0.6) is 0 Å². The highest BCUT2D eigenvalue weighted by Gasteiger charge is 2.29. The summed E-state index contributed by atoms with van der Waals surface area (Å²) in [6.45, 7) is 1.18. The molecule has 11 heteroatoms. The van der Waals surface area contributed by atoms with Crippen molar-refractivity contribution in [2.24, 2.45) is 0 Å². The number of carbonyl (C=O) groups excluding carboxylic acids is 1. The smallest absolute Gasteiger partial charge is 0.429 e. The number of nitrogens with zero attached hydrogens (tertiary/aromatic N) is 5. The van der Waals surface area contributed by atoms with Crippen LogP contribution in [0.2, 0.25) is 10.4 Å². The second-order valence-electron chi connectivity index (χ2n) is 6.34. The molecule has 3 heterocycles. The van der Waals surface area contributed by atoms with Gasteiger partial charge < -0.3 is 9.47 Å². The van der Waals surface area contributed by atoms with Gasteiger partial charge in [-0.15, -0.1) is 0 Å². The number of hydrogen-bond acceptors (Lipinski definition) is 7. The first-order chi connectivity index (χ1) is 14.5. The minimum atomic E-state index is -0.816. The first kappa shape index (κ1) is 20.5. The van der Waals surface area contributed by atoms with Crippen molar-refractivity contribution >= 4 is 46.0 Å².